The van der Waals surface area contributed by atoms with Crippen molar-refractivity contribution in [1.29, 1.82) is 0 Å². The molecule has 0 radical (unpaired) electrons. The Hall–Kier alpha value is -9.79. The van der Waals surface area contributed by atoms with Crippen molar-refractivity contribution < 1.29 is 105 Å². The molecule has 23 N–H and O–H groups in total. The lowest BCUT2D eigenvalue weighted by molar-refractivity contribution is -0.136. The van der Waals surface area contributed by atoms with Crippen molar-refractivity contribution in [3.63, 3.8) is 0 Å². The number of carbonyl (C=O) groups is 22. The molecule has 0 bridgehead atoms. The van der Waals surface area contributed by atoms with Gasteiger partial charge >= 0.3 is 0 Å². The van der Waals surface area contributed by atoms with Gasteiger partial charge in [0, 0.05) is 64.5 Å². The zero-order chi connectivity index (χ0) is 87.6. The van der Waals surface area contributed by atoms with Crippen LogP contribution in [0.25, 0.3) is 0 Å². The lowest BCUT2D eigenvalue weighted by Crippen LogP contribution is -2.63. The molecule has 115 heavy (non-hydrogen) atoms. The number of nitrogens with two attached hydrogens (primary N) is 4. The van der Waals surface area contributed by atoms with Crippen LogP contribution < -0.4 is 103 Å². The summed E-state index contributed by atoms with van der Waals surface area (Å²) >= 11 is 0. The third kappa shape index (κ3) is 42.9. The van der Waals surface area contributed by atoms with Crippen LogP contribution in [0.5, 0.6) is 0 Å². The van der Waals surface area contributed by atoms with Crippen molar-refractivity contribution in [2.45, 2.75) is 275 Å². The van der Waals surface area contributed by atoms with Gasteiger partial charge in [-0.05, 0) is 69.6 Å². The van der Waals surface area contributed by atoms with Gasteiger partial charge in [-0.15, -0.1) is 0 Å². The fraction of sp³-hybridized carbons (Fsp3) is 0.685. The van der Waals surface area contributed by atoms with Crippen molar-refractivity contribution >= 4 is 139 Å². The highest BCUT2D eigenvalue weighted by Gasteiger charge is 2.40. The highest BCUT2D eigenvalue weighted by atomic mass is 16.2. The van der Waals surface area contributed by atoms with Crippen molar-refractivity contribution in [2.24, 2.45) is 51.6 Å². The average Bonchev–Trinajstić information content (AvgIpc) is 0.846. The number of amides is 7. The van der Waals surface area contributed by atoms with E-state index in [1.807, 2.05) is 13.8 Å². The summed E-state index contributed by atoms with van der Waals surface area (Å²) in [6.45, 7) is 16.3. The Labute approximate surface area is 668 Å². The van der Waals surface area contributed by atoms with Crippen molar-refractivity contribution in [3.05, 3.63) is 0 Å². The first-order valence-corrected chi connectivity index (χ1v) is 38.1. The SMILES string of the molecule is CC[C@H](C)[C@@H](C=O)N[C@H](NC(=O)[C@@H](CC(=O)[C@@H](NC(=O)[C@@H](CC(=O)[C@@H](NC(=O)[C@@H](CC(=O)[C@@H](NC(=O)[C@@H](CC(=O)[C@H](NCC=O)NC(C)=O)N[C@H](C=O)CCC(N)=O)N[C@H](C=O)C(C)C)NCC=O)N[C@H](C=O)CCCN=C(N)N)N[C@H](C=O)CCC(N)=O)N[C@H](C=O)CC(C)C)N[C@@H](C)C=O)C(=O)C[C@H](C)N[C@H](C=O)[C@@H](C)CC. The summed E-state index contributed by atoms with van der Waals surface area (Å²) in [4.78, 5) is 297. The number of nitrogens with zero attached hydrogens (tertiary/aromatic N) is 1. The molecular formula is C73H122N20O22. The van der Waals surface area contributed by atoms with E-state index in [2.05, 4.69) is 84.7 Å². The van der Waals surface area contributed by atoms with E-state index < -0.39 is 250 Å². The number of Topliss-reactive ketones (excluding diaryl/α,β-unsaturated/α-hetero) is 5. The molecule has 42 nitrogen and oxygen atoms in total. The maximum absolute atomic E-state index is 15.3. The monoisotopic (exact) mass is 1630 g/mol. The molecule has 42 heteroatoms. The molecule has 20 atom stereocenters. The smallest absolute Gasteiger partial charge is 0.239 e. The Morgan fingerprint density at radius 2 is 0.739 bits per heavy atom. The fourth-order valence-corrected chi connectivity index (χ4v) is 11.3. The topological polar surface area (TPSA) is 672 Å². The van der Waals surface area contributed by atoms with Crippen LogP contribution in [0.3, 0.4) is 0 Å². The first-order valence-electron chi connectivity index (χ1n) is 38.1. The number of hydrogen-bond acceptors (Lipinski definition) is 33. The standard InChI is InChI=1S/C73H122N20O22/c1-12-41(7)55(37-102)81-43(9)26-57(105)67(89-56(38-103)42(8)13-2)92-70(113)51(82-44(10)31-96)28-60(108)66(87-49(35-100)25-39(3)4)91-71(114)53(85-48(34-99)17-19-63(75)111)30-61(109)65(86-46(32-97)15-14-20-80-73(76)77)90-69(112)50(78-21-23-94)27-59(107)68(88-54(36-101)40(5)6)93-72(115)52(84-47(33-98)16-18-62(74)110)29-58(106)64(79-22-24-95)83-45(11)104/h23-24,31-44,46-56,64-68,78-79,81-82,84-89H,12-22,25-30H2,1-11H3,(H2,74,110)(H2,75,111)(H,83,104)(H,90,112)(H,91,114)(H,92,113)(H,93,115)(H4,76,77,80)/t41-,42-,43-,44-,46-,47-,48-,49-,50+,51+,52+,53+,54+,55+,56+,64+,65+,66+,67+,68+/m0/s1. The largest absolute Gasteiger partial charge is 0.370 e. The summed E-state index contributed by atoms with van der Waals surface area (Å²) in [5.41, 5.74) is 21.8. The lowest BCUT2D eigenvalue weighted by atomic mass is 9.97. The Bertz CT molecular complexity index is 3270. The molecule has 0 aromatic rings. The van der Waals surface area contributed by atoms with Crippen LogP contribution in [-0.2, 0) is 105 Å². The molecule has 0 unspecified atom stereocenters. The lowest BCUT2D eigenvalue weighted by Gasteiger charge is -2.31. The predicted molar refractivity (Wildman–Crippen MR) is 416 cm³/mol. The zero-order valence-electron chi connectivity index (χ0n) is 67.2. The summed E-state index contributed by atoms with van der Waals surface area (Å²) in [6.07, 6.45) is -11.3. The molecule has 0 spiro atoms. The molecule has 0 aromatic carbocycles. The van der Waals surface area contributed by atoms with E-state index in [1.165, 1.54) is 20.8 Å². The van der Waals surface area contributed by atoms with Crippen LogP contribution in [-0.4, -0.2) is 268 Å². The summed E-state index contributed by atoms with van der Waals surface area (Å²) in [6, 6.07) is -18.3. The number of ketones is 5. The fourth-order valence-electron chi connectivity index (χ4n) is 11.3. The van der Waals surface area contributed by atoms with E-state index in [0.29, 0.717) is 56.8 Å². The Kier molecular flexibility index (Phi) is 53.2. The van der Waals surface area contributed by atoms with Gasteiger partial charge in [0.2, 0.25) is 41.4 Å². The van der Waals surface area contributed by atoms with E-state index >= 15 is 14.4 Å². The summed E-state index contributed by atoms with van der Waals surface area (Å²) < 4.78 is 0. The van der Waals surface area contributed by atoms with Crippen LogP contribution in [0, 0.1) is 23.7 Å². The van der Waals surface area contributed by atoms with E-state index in [-0.39, 0.29) is 75.3 Å². The molecule has 0 rings (SSSR count). The molecule has 0 heterocycles. The molecule has 7 amide bonds. The normalized spacial score (nSPS) is 16.6. The number of nitrogens with one attached hydrogen (secondary N) is 15. The van der Waals surface area contributed by atoms with Gasteiger partial charge in [-0.2, -0.15) is 0 Å². The van der Waals surface area contributed by atoms with Gasteiger partial charge in [-0.3, -0.25) is 110 Å². The van der Waals surface area contributed by atoms with Gasteiger partial charge in [-0.25, -0.2) is 0 Å². The Morgan fingerprint density at radius 3 is 1.11 bits per heavy atom. The summed E-state index contributed by atoms with van der Waals surface area (Å²) in [5.74, 6) is -14.8. The van der Waals surface area contributed by atoms with Crippen molar-refractivity contribution in [3.8, 4) is 0 Å². The number of aldehydes is 10. The average molecular weight is 1630 g/mol. The van der Waals surface area contributed by atoms with Crippen LogP contribution in [0.15, 0.2) is 4.99 Å². The first kappa shape index (κ1) is 105. The Balaban J connectivity index is 8.54. The van der Waals surface area contributed by atoms with Gasteiger partial charge < -0.3 is 103 Å². The minimum atomic E-state index is -2.18. The quantitative estimate of drug-likeness (QED) is 0.00884. The molecular weight excluding hydrogens is 1510 g/mol. The van der Waals surface area contributed by atoms with Crippen molar-refractivity contribution in [1.82, 2.24) is 79.8 Å². The van der Waals surface area contributed by atoms with Gasteiger partial charge in [-0.1, -0.05) is 68.2 Å². The van der Waals surface area contributed by atoms with Gasteiger partial charge in [0.1, 0.15) is 93.7 Å². The number of aliphatic imine (C=N–C) groups is 1. The van der Waals surface area contributed by atoms with Crippen LogP contribution >= 0.6 is 0 Å². The predicted octanol–water partition coefficient (Wildman–Crippen LogP) is -7.89. The van der Waals surface area contributed by atoms with Gasteiger partial charge in [0.15, 0.2) is 34.9 Å². The number of primary amides is 2. The maximum Gasteiger partial charge on any atom is 0.239 e. The van der Waals surface area contributed by atoms with E-state index in [0.717, 1.165) is 6.92 Å². The third-order valence-corrected chi connectivity index (χ3v) is 18.2. The van der Waals surface area contributed by atoms with Crippen LogP contribution in [0.1, 0.15) is 166 Å². The minimum Gasteiger partial charge on any atom is -0.370 e. The highest BCUT2D eigenvalue weighted by Crippen LogP contribution is 2.15. The summed E-state index contributed by atoms with van der Waals surface area (Å²) in [7, 11) is 0. The van der Waals surface area contributed by atoms with E-state index in [4.69, 9.17) is 22.9 Å². The number of hydrogen-bond donors (Lipinski definition) is 19. The van der Waals surface area contributed by atoms with Gasteiger partial charge in [0.25, 0.3) is 0 Å². The number of carbonyl (C=O) groups excluding carboxylic acids is 22. The zero-order valence-corrected chi connectivity index (χ0v) is 67.2. The van der Waals surface area contributed by atoms with Gasteiger partial charge in [0.05, 0.1) is 85.6 Å². The molecule has 0 saturated carbocycles. The molecule has 0 aliphatic rings. The molecule has 0 aliphatic heterocycles. The molecule has 646 valence electrons. The second-order valence-electron chi connectivity index (χ2n) is 28.8. The van der Waals surface area contributed by atoms with E-state index in [9.17, 15) is 91.1 Å². The molecule has 0 fully saturated rings. The third-order valence-electron chi connectivity index (χ3n) is 18.2. The molecule has 0 saturated heterocycles. The van der Waals surface area contributed by atoms with Crippen LogP contribution in [0.2, 0.25) is 0 Å². The highest BCUT2D eigenvalue weighted by molar-refractivity contribution is 6.01. The molecule has 0 aromatic heterocycles. The maximum atomic E-state index is 15.3. The first-order chi connectivity index (χ1) is 54.3. The summed E-state index contributed by atoms with van der Waals surface area (Å²) in [5, 5.41) is 38.8. The second kappa shape index (κ2) is 58.1. The van der Waals surface area contributed by atoms with E-state index in [1.54, 1.807) is 34.6 Å². The van der Waals surface area contributed by atoms with Crippen molar-refractivity contribution in [2.75, 3.05) is 19.6 Å². The second-order valence-corrected chi connectivity index (χ2v) is 28.8. The Morgan fingerprint density at radius 1 is 0.374 bits per heavy atom. The molecule has 0 aliphatic carbocycles. The number of guanidine groups is 1. The minimum absolute atomic E-state index is 0.00847. The number of rotatable bonds is 71. The van der Waals surface area contributed by atoms with Crippen LogP contribution in [0.4, 0.5) is 0 Å².